The fourth-order valence-corrected chi connectivity index (χ4v) is 5.74. The van der Waals surface area contributed by atoms with E-state index in [4.69, 9.17) is 11.2 Å². The Morgan fingerprint density at radius 2 is 1.84 bits per heavy atom. The van der Waals surface area contributed by atoms with Crippen molar-refractivity contribution in [2.75, 3.05) is 13.7 Å². The highest BCUT2D eigenvalue weighted by Crippen LogP contribution is 2.31. The molecule has 1 amide bonds. The van der Waals surface area contributed by atoms with Gasteiger partial charge in [-0.05, 0) is 55.0 Å². The standard InChI is InChI=1S/C25H22F4N4O4S/c1-3-16-12-22(33(14-16)38(35,36)21-10-6-19(26)7-11-21)23(34)30-13-17-15-32(31-24(17)37-2)20-8-4-18(5-9-20)25(27,28)29/h1,4-11,15-16,22H,12-14H2,2H3,(H,30,34)/t16-,22+/m1/s1. The van der Waals surface area contributed by atoms with Crippen LogP contribution in [0.4, 0.5) is 17.6 Å². The monoisotopic (exact) mass is 550 g/mol. The Balaban J connectivity index is 1.52. The highest BCUT2D eigenvalue weighted by molar-refractivity contribution is 7.89. The highest BCUT2D eigenvalue weighted by atomic mass is 32.2. The van der Waals surface area contributed by atoms with E-state index in [1.165, 1.54) is 30.1 Å². The number of carbonyl (C=O) groups is 1. The lowest BCUT2D eigenvalue weighted by atomic mass is 10.1. The molecule has 2 atom stereocenters. The van der Waals surface area contributed by atoms with Gasteiger partial charge in [0.2, 0.25) is 21.8 Å². The lowest BCUT2D eigenvalue weighted by Gasteiger charge is -2.23. The molecule has 1 aliphatic rings. The lowest BCUT2D eigenvalue weighted by molar-refractivity contribution is -0.137. The number of amides is 1. The number of sulfonamides is 1. The number of alkyl halides is 3. The van der Waals surface area contributed by atoms with E-state index in [0.29, 0.717) is 11.3 Å². The summed E-state index contributed by atoms with van der Waals surface area (Å²) in [7, 11) is -2.80. The Kier molecular flexibility index (Phi) is 7.48. The molecule has 1 fully saturated rings. The fourth-order valence-electron chi connectivity index (χ4n) is 4.09. The maximum Gasteiger partial charge on any atom is 0.416 e. The number of halogens is 4. The van der Waals surface area contributed by atoms with Crippen molar-refractivity contribution in [3.8, 4) is 23.9 Å². The number of methoxy groups -OCH3 is 1. The highest BCUT2D eigenvalue weighted by Gasteiger charge is 2.43. The van der Waals surface area contributed by atoms with Crippen LogP contribution in [0, 0.1) is 24.1 Å². The van der Waals surface area contributed by atoms with E-state index in [2.05, 4.69) is 16.3 Å². The predicted octanol–water partition coefficient (Wildman–Crippen LogP) is 3.37. The van der Waals surface area contributed by atoms with E-state index in [-0.39, 0.29) is 30.3 Å². The quantitative estimate of drug-likeness (QED) is 0.360. The molecule has 0 saturated carbocycles. The SMILES string of the molecule is C#C[C@@H]1C[C@@H](C(=O)NCc2cn(-c3ccc(C(F)(F)F)cc3)nc2OC)N(S(=O)(=O)c2ccc(F)cc2)C1. The third-order valence-electron chi connectivity index (χ3n) is 6.07. The molecule has 13 heteroatoms. The van der Waals surface area contributed by atoms with Gasteiger partial charge in [0.25, 0.3) is 0 Å². The van der Waals surface area contributed by atoms with Gasteiger partial charge in [0.15, 0.2) is 0 Å². The Hall–Kier alpha value is -3.89. The number of ether oxygens (including phenoxy) is 1. The zero-order chi connectivity index (χ0) is 27.7. The van der Waals surface area contributed by atoms with E-state index in [9.17, 15) is 30.8 Å². The second kappa shape index (κ2) is 10.5. The summed E-state index contributed by atoms with van der Waals surface area (Å²) in [5, 5.41) is 6.85. The summed E-state index contributed by atoms with van der Waals surface area (Å²) in [4.78, 5) is 12.9. The van der Waals surface area contributed by atoms with Crippen molar-refractivity contribution in [3.05, 3.63) is 71.7 Å². The first-order valence-corrected chi connectivity index (χ1v) is 12.7. The maximum absolute atomic E-state index is 13.3. The Bertz CT molecular complexity index is 1460. The van der Waals surface area contributed by atoms with Crippen LogP contribution in [0.25, 0.3) is 5.69 Å². The molecule has 1 N–H and O–H groups in total. The van der Waals surface area contributed by atoms with Crippen LogP contribution >= 0.6 is 0 Å². The van der Waals surface area contributed by atoms with Crippen molar-refractivity contribution in [1.29, 1.82) is 0 Å². The molecule has 2 aromatic carbocycles. The molecule has 0 bridgehead atoms. The molecule has 3 aromatic rings. The topological polar surface area (TPSA) is 93.5 Å². The normalized spacial score (nSPS) is 18.2. The van der Waals surface area contributed by atoms with Gasteiger partial charge in [-0.1, -0.05) is 0 Å². The predicted molar refractivity (Wildman–Crippen MR) is 128 cm³/mol. The summed E-state index contributed by atoms with van der Waals surface area (Å²) in [5.74, 6) is 0.888. The first-order valence-electron chi connectivity index (χ1n) is 11.3. The number of aromatic nitrogens is 2. The van der Waals surface area contributed by atoms with Crippen molar-refractivity contribution in [1.82, 2.24) is 19.4 Å². The first-order chi connectivity index (χ1) is 17.9. The molecule has 1 aromatic heterocycles. The fraction of sp³-hybridized carbons (Fsp3) is 0.280. The molecule has 38 heavy (non-hydrogen) atoms. The average molecular weight is 551 g/mol. The molecule has 1 aliphatic heterocycles. The van der Waals surface area contributed by atoms with Gasteiger partial charge in [0.1, 0.15) is 11.9 Å². The molecule has 0 aliphatic carbocycles. The number of hydrogen-bond acceptors (Lipinski definition) is 5. The van der Waals surface area contributed by atoms with Crippen LogP contribution in [0.15, 0.2) is 59.6 Å². The van der Waals surface area contributed by atoms with Crippen molar-refractivity contribution in [2.24, 2.45) is 5.92 Å². The van der Waals surface area contributed by atoms with E-state index in [1.54, 1.807) is 0 Å². The zero-order valence-electron chi connectivity index (χ0n) is 19.9. The van der Waals surface area contributed by atoms with Gasteiger partial charge in [-0.3, -0.25) is 4.79 Å². The molecule has 0 radical (unpaired) electrons. The van der Waals surface area contributed by atoms with E-state index in [0.717, 1.165) is 40.7 Å². The Morgan fingerprint density at radius 3 is 2.42 bits per heavy atom. The van der Waals surface area contributed by atoms with Gasteiger partial charge in [0.05, 0.1) is 28.8 Å². The number of carbonyl (C=O) groups excluding carboxylic acids is 1. The molecule has 200 valence electrons. The van der Waals surface area contributed by atoms with Crippen LogP contribution in [-0.4, -0.2) is 48.1 Å². The number of terminal acetylenes is 1. The number of benzene rings is 2. The van der Waals surface area contributed by atoms with Crippen LogP contribution in [0.2, 0.25) is 0 Å². The zero-order valence-corrected chi connectivity index (χ0v) is 20.8. The van der Waals surface area contributed by atoms with E-state index < -0.39 is 45.4 Å². The number of rotatable bonds is 7. The molecular formula is C25H22F4N4O4S. The lowest BCUT2D eigenvalue weighted by Crippen LogP contribution is -2.45. The van der Waals surface area contributed by atoms with Gasteiger partial charge < -0.3 is 10.1 Å². The van der Waals surface area contributed by atoms with Crippen LogP contribution in [0.1, 0.15) is 17.5 Å². The minimum Gasteiger partial charge on any atom is -0.480 e. The van der Waals surface area contributed by atoms with Crippen molar-refractivity contribution in [2.45, 2.75) is 30.1 Å². The smallest absolute Gasteiger partial charge is 0.416 e. The van der Waals surface area contributed by atoms with E-state index in [1.807, 2.05) is 0 Å². The number of nitrogens with one attached hydrogen (secondary N) is 1. The second-order valence-corrected chi connectivity index (χ2v) is 10.4. The molecular weight excluding hydrogens is 528 g/mol. The molecule has 0 unspecified atom stereocenters. The van der Waals surface area contributed by atoms with Crippen LogP contribution in [-0.2, 0) is 27.5 Å². The third-order valence-corrected chi connectivity index (χ3v) is 7.96. The minimum absolute atomic E-state index is 0.0799. The number of hydrogen-bond donors (Lipinski definition) is 1. The summed E-state index contributed by atoms with van der Waals surface area (Å²) >= 11 is 0. The van der Waals surface area contributed by atoms with Crippen LogP contribution < -0.4 is 10.1 Å². The van der Waals surface area contributed by atoms with Crippen molar-refractivity contribution in [3.63, 3.8) is 0 Å². The first kappa shape index (κ1) is 27.2. The van der Waals surface area contributed by atoms with Crippen molar-refractivity contribution >= 4 is 15.9 Å². The minimum atomic E-state index is -4.48. The maximum atomic E-state index is 13.3. The Morgan fingerprint density at radius 1 is 1.18 bits per heavy atom. The number of nitrogens with zero attached hydrogens (tertiary/aromatic N) is 3. The average Bonchev–Trinajstić information content (AvgIpc) is 3.52. The third kappa shape index (κ3) is 5.51. The van der Waals surface area contributed by atoms with Gasteiger partial charge in [-0.25, -0.2) is 17.5 Å². The van der Waals surface area contributed by atoms with Gasteiger partial charge in [-0.2, -0.15) is 17.5 Å². The molecule has 4 rings (SSSR count). The van der Waals surface area contributed by atoms with Gasteiger partial charge >= 0.3 is 6.18 Å². The summed E-state index contributed by atoms with van der Waals surface area (Å²) in [6.45, 7) is -0.187. The Labute approximate surface area is 216 Å². The molecule has 0 spiro atoms. The molecule has 1 saturated heterocycles. The van der Waals surface area contributed by atoms with E-state index >= 15 is 0 Å². The largest absolute Gasteiger partial charge is 0.480 e. The summed E-state index contributed by atoms with van der Waals surface area (Å²) < 4.78 is 85.8. The van der Waals surface area contributed by atoms with Crippen molar-refractivity contribution < 1.29 is 35.5 Å². The van der Waals surface area contributed by atoms with Crippen LogP contribution in [0.3, 0.4) is 0 Å². The summed E-state index contributed by atoms with van der Waals surface area (Å²) in [5.41, 5.74) is -0.0758. The van der Waals surface area contributed by atoms with Gasteiger partial charge in [-0.15, -0.1) is 17.4 Å². The molecule has 8 nitrogen and oxygen atoms in total. The molecule has 2 heterocycles. The summed E-state index contributed by atoms with van der Waals surface area (Å²) in [6.07, 6.45) is 2.60. The van der Waals surface area contributed by atoms with Crippen LogP contribution in [0.5, 0.6) is 5.88 Å². The second-order valence-electron chi connectivity index (χ2n) is 8.51. The van der Waals surface area contributed by atoms with Gasteiger partial charge in [0, 0.05) is 25.2 Å². The summed E-state index contributed by atoms with van der Waals surface area (Å²) in [6, 6.07) is 7.47.